The van der Waals surface area contributed by atoms with Crippen LogP contribution in [0.25, 0.3) is 0 Å². The zero-order valence-electron chi connectivity index (χ0n) is 10.3. The molecule has 2 aromatic rings. The Hall–Kier alpha value is -1.77. The van der Waals surface area contributed by atoms with Crippen molar-refractivity contribution in [2.24, 2.45) is 0 Å². The van der Waals surface area contributed by atoms with Crippen molar-refractivity contribution >= 4 is 27.3 Å². The maximum absolute atomic E-state index is 12.0. The molecule has 0 spiro atoms. The quantitative estimate of drug-likeness (QED) is 0.839. The predicted molar refractivity (Wildman–Crippen MR) is 74.4 cm³/mol. The van der Waals surface area contributed by atoms with Gasteiger partial charge in [-0.05, 0) is 23.6 Å². The lowest BCUT2D eigenvalue weighted by molar-refractivity contribution is 0.0698. The molecule has 2 N–H and O–H groups in total. The maximum atomic E-state index is 12.0. The van der Waals surface area contributed by atoms with Gasteiger partial charge in [0.05, 0.1) is 0 Å². The molecule has 0 aliphatic carbocycles. The number of sulfonamides is 1. The Morgan fingerprint density at radius 2 is 2.15 bits per heavy atom. The van der Waals surface area contributed by atoms with Crippen molar-refractivity contribution in [1.82, 2.24) is 9.71 Å². The van der Waals surface area contributed by atoms with Crippen LogP contribution in [-0.2, 0) is 16.4 Å². The first-order valence-corrected chi connectivity index (χ1v) is 8.07. The normalized spacial score (nSPS) is 11.4. The Morgan fingerprint density at radius 1 is 1.35 bits per heavy atom. The summed E-state index contributed by atoms with van der Waals surface area (Å²) in [6.07, 6.45) is 2.07. The number of aromatic nitrogens is 1. The summed E-state index contributed by atoms with van der Waals surface area (Å²) in [7, 11) is -3.81. The van der Waals surface area contributed by atoms with Crippen molar-refractivity contribution in [1.29, 1.82) is 0 Å². The molecule has 20 heavy (non-hydrogen) atoms. The molecule has 0 aliphatic rings. The highest BCUT2D eigenvalue weighted by molar-refractivity contribution is 7.89. The molecule has 0 saturated carbocycles. The summed E-state index contributed by atoms with van der Waals surface area (Å²) in [5.41, 5.74) is 0.763. The number of hydrogen-bond acceptors (Lipinski definition) is 5. The van der Waals surface area contributed by atoms with Crippen molar-refractivity contribution in [3.8, 4) is 0 Å². The van der Waals surface area contributed by atoms with E-state index in [1.807, 2.05) is 6.07 Å². The molecular formula is C12H12N2O4S2. The van der Waals surface area contributed by atoms with Gasteiger partial charge < -0.3 is 5.11 Å². The maximum Gasteiger partial charge on any atom is 0.347 e. The Bertz CT molecular complexity index is 695. The largest absolute Gasteiger partial charge is 0.477 e. The fraction of sp³-hybridized carbons (Fsp3) is 0.167. The van der Waals surface area contributed by atoms with E-state index in [-0.39, 0.29) is 16.3 Å². The molecule has 0 fully saturated rings. The van der Waals surface area contributed by atoms with E-state index in [4.69, 9.17) is 5.11 Å². The number of nitrogens with one attached hydrogen (secondary N) is 1. The summed E-state index contributed by atoms with van der Waals surface area (Å²) in [5.74, 6) is -1.25. The molecule has 0 bridgehead atoms. The van der Waals surface area contributed by atoms with E-state index in [1.165, 1.54) is 11.4 Å². The monoisotopic (exact) mass is 312 g/mol. The van der Waals surface area contributed by atoms with Crippen molar-refractivity contribution in [2.45, 2.75) is 11.3 Å². The van der Waals surface area contributed by atoms with Gasteiger partial charge in [-0.2, -0.15) is 0 Å². The first-order valence-electron chi connectivity index (χ1n) is 5.71. The van der Waals surface area contributed by atoms with Gasteiger partial charge in [-0.1, -0.05) is 6.07 Å². The highest BCUT2D eigenvalue weighted by atomic mass is 32.2. The van der Waals surface area contributed by atoms with Gasteiger partial charge in [0.25, 0.3) is 0 Å². The number of carboxylic acid groups (broad SMARTS) is 1. The lowest BCUT2D eigenvalue weighted by atomic mass is 10.3. The summed E-state index contributed by atoms with van der Waals surface area (Å²) in [6, 6.07) is 6.68. The van der Waals surface area contributed by atoms with E-state index in [2.05, 4.69) is 9.71 Å². The Morgan fingerprint density at radius 3 is 2.80 bits per heavy atom. The van der Waals surface area contributed by atoms with E-state index in [1.54, 1.807) is 18.3 Å². The molecule has 0 aromatic carbocycles. The third-order valence-corrected chi connectivity index (χ3v) is 5.05. The highest BCUT2D eigenvalue weighted by Crippen LogP contribution is 2.21. The molecule has 6 nitrogen and oxygen atoms in total. The van der Waals surface area contributed by atoms with Gasteiger partial charge in [-0.25, -0.2) is 17.9 Å². The number of thiophene rings is 1. The van der Waals surface area contributed by atoms with E-state index >= 15 is 0 Å². The van der Waals surface area contributed by atoms with Crippen LogP contribution in [0, 0.1) is 0 Å². The van der Waals surface area contributed by atoms with Gasteiger partial charge in [0.15, 0.2) is 0 Å². The number of carbonyl (C=O) groups is 1. The number of nitrogens with zero attached hydrogens (tertiary/aromatic N) is 1. The van der Waals surface area contributed by atoms with E-state index in [9.17, 15) is 13.2 Å². The van der Waals surface area contributed by atoms with Gasteiger partial charge in [-0.15, -0.1) is 11.3 Å². The average Bonchev–Trinajstić information content (AvgIpc) is 2.90. The van der Waals surface area contributed by atoms with Crippen molar-refractivity contribution in [3.05, 3.63) is 46.4 Å². The number of rotatable bonds is 6. The van der Waals surface area contributed by atoms with Crippen LogP contribution < -0.4 is 4.72 Å². The predicted octanol–water partition coefficient (Wildman–Crippen LogP) is 1.36. The van der Waals surface area contributed by atoms with Crippen molar-refractivity contribution < 1.29 is 18.3 Å². The van der Waals surface area contributed by atoms with E-state index < -0.39 is 16.0 Å². The van der Waals surface area contributed by atoms with Crippen molar-refractivity contribution in [2.75, 3.05) is 6.54 Å². The lowest BCUT2D eigenvalue weighted by Gasteiger charge is -2.06. The standard InChI is InChI=1S/C12H12N2O4S2/c15-12(16)11-10(5-8-19-11)20(17,18)14-7-4-9-3-1-2-6-13-9/h1-3,5-6,8,14H,4,7H2,(H,15,16). The summed E-state index contributed by atoms with van der Waals surface area (Å²) < 4.78 is 26.4. The number of pyridine rings is 1. The molecule has 0 saturated heterocycles. The second-order valence-electron chi connectivity index (χ2n) is 3.89. The number of aromatic carboxylic acids is 1. The first kappa shape index (κ1) is 14.6. The second-order valence-corrected chi connectivity index (χ2v) is 6.54. The molecule has 2 heterocycles. The topological polar surface area (TPSA) is 96.4 Å². The summed E-state index contributed by atoms with van der Waals surface area (Å²) in [5, 5.41) is 10.4. The number of hydrogen-bond donors (Lipinski definition) is 2. The van der Waals surface area contributed by atoms with Crippen LogP contribution in [0.2, 0.25) is 0 Å². The third kappa shape index (κ3) is 3.41. The second kappa shape index (κ2) is 6.12. The van der Waals surface area contributed by atoms with Gasteiger partial charge in [0, 0.05) is 24.9 Å². The zero-order chi connectivity index (χ0) is 14.6. The third-order valence-electron chi connectivity index (χ3n) is 2.51. The lowest BCUT2D eigenvalue weighted by Crippen LogP contribution is -2.27. The van der Waals surface area contributed by atoms with Gasteiger partial charge in [0.2, 0.25) is 10.0 Å². The fourth-order valence-electron chi connectivity index (χ4n) is 1.60. The van der Waals surface area contributed by atoms with Crippen molar-refractivity contribution in [3.63, 3.8) is 0 Å². The summed E-state index contributed by atoms with van der Waals surface area (Å²) in [4.78, 5) is 14.6. The molecule has 106 valence electrons. The van der Waals surface area contributed by atoms with Crippen LogP contribution in [0.5, 0.6) is 0 Å². The summed E-state index contributed by atoms with van der Waals surface area (Å²) in [6.45, 7) is 0.161. The van der Waals surface area contributed by atoms with Crippen LogP contribution in [0.1, 0.15) is 15.4 Å². The first-order chi connectivity index (χ1) is 9.50. The molecule has 0 radical (unpaired) electrons. The minimum atomic E-state index is -3.81. The molecule has 8 heteroatoms. The van der Waals surface area contributed by atoms with Crippen LogP contribution >= 0.6 is 11.3 Å². The number of carboxylic acids is 1. The Labute approximate surface area is 120 Å². The van der Waals surface area contributed by atoms with Crippen LogP contribution in [-0.4, -0.2) is 31.0 Å². The Kier molecular flexibility index (Phi) is 4.48. The van der Waals surface area contributed by atoms with Crippen LogP contribution in [0.3, 0.4) is 0 Å². The van der Waals surface area contributed by atoms with Gasteiger partial charge in [-0.3, -0.25) is 4.98 Å². The van der Waals surface area contributed by atoms with Crippen LogP contribution in [0.15, 0.2) is 40.7 Å². The molecule has 0 unspecified atom stereocenters. The fourth-order valence-corrected chi connectivity index (χ4v) is 3.89. The van der Waals surface area contributed by atoms with E-state index in [0.29, 0.717) is 6.42 Å². The van der Waals surface area contributed by atoms with Crippen LogP contribution in [0.4, 0.5) is 0 Å². The molecular weight excluding hydrogens is 300 g/mol. The minimum absolute atomic E-state index is 0.161. The van der Waals surface area contributed by atoms with Gasteiger partial charge in [0.1, 0.15) is 9.77 Å². The minimum Gasteiger partial charge on any atom is -0.477 e. The average molecular weight is 312 g/mol. The summed E-state index contributed by atoms with van der Waals surface area (Å²) >= 11 is 0.883. The Balaban J connectivity index is 2.04. The molecule has 0 atom stereocenters. The van der Waals surface area contributed by atoms with Gasteiger partial charge >= 0.3 is 5.97 Å². The SMILES string of the molecule is O=C(O)c1sccc1S(=O)(=O)NCCc1ccccn1. The molecule has 0 aliphatic heterocycles. The van der Waals surface area contributed by atoms with E-state index in [0.717, 1.165) is 17.0 Å². The molecule has 2 rings (SSSR count). The molecule has 0 amide bonds. The zero-order valence-corrected chi connectivity index (χ0v) is 11.9. The smallest absolute Gasteiger partial charge is 0.347 e. The molecule has 2 aromatic heterocycles. The highest BCUT2D eigenvalue weighted by Gasteiger charge is 2.23.